The lowest BCUT2D eigenvalue weighted by molar-refractivity contribution is 0.0877. The highest BCUT2D eigenvalue weighted by Crippen LogP contribution is 2.37. The van der Waals surface area contributed by atoms with Crippen LogP contribution in [0.4, 0.5) is 0 Å². The van der Waals surface area contributed by atoms with Crippen LogP contribution in [0, 0.1) is 11.8 Å². The Kier molecular flexibility index (Phi) is 3.68. The van der Waals surface area contributed by atoms with Gasteiger partial charge < -0.3 is 5.11 Å². The monoisotopic (exact) mass is 332 g/mol. The molecule has 0 bridgehead atoms. The molecule has 25 heavy (non-hydrogen) atoms. The molecule has 2 atom stereocenters. The van der Waals surface area contributed by atoms with Gasteiger partial charge in [-0.15, -0.1) is 0 Å². The summed E-state index contributed by atoms with van der Waals surface area (Å²) in [6, 6.07) is 16.8. The molecule has 0 saturated carbocycles. The van der Waals surface area contributed by atoms with Gasteiger partial charge >= 0.3 is 0 Å². The minimum atomic E-state index is -0.0169. The number of para-hydroxylation sites is 1. The minimum Gasteiger partial charge on any atom is -0.508 e. The first kappa shape index (κ1) is 15.6. The van der Waals surface area contributed by atoms with Crippen LogP contribution in [-0.2, 0) is 6.42 Å². The molecule has 0 saturated heterocycles. The van der Waals surface area contributed by atoms with Crippen molar-refractivity contribution in [3.05, 3.63) is 65.9 Å². The Bertz CT molecular complexity index is 927. The first-order valence-electron chi connectivity index (χ1n) is 8.57. The summed E-state index contributed by atoms with van der Waals surface area (Å²) in [5.41, 5.74) is 4.20. The Balaban J connectivity index is 2.00. The number of aromatic hydroxyl groups is 1. The maximum absolute atomic E-state index is 13.0. The number of nitrogens with zero attached hydrogens (tertiary/aromatic N) is 2. The zero-order chi connectivity index (χ0) is 17.6. The molecule has 126 valence electrons. The van der Waals surface area contributed by atoms with E-state index >= 15 is 0 Å². The van der Waals surface area contributed by atoms with Gasteiger partial charge in [0.1, 0.15) is 5.75 Å². The highest BCUT2D eigenvalue weighted by Gasteiger charge is 2.36. The molecule has 2 aromatic carbocycles. The van der Waals surface area contributed by atoms with Crippen LogP contribution in [0.5, 0.6) is 5.75 Å². The van der Waals surface area contributed by atoms with E-state index in [4.69, 9.17) is 5.10 Å². The summed E-state index contributed by atoms with van der Waals surface area (Å²) in [5, 5.41) is 14.4. The standard InChI is InChI=1S/C21H20N2O2/c1-13-12-18-19(21(25)14(13)2)20(15-8-10-17(24)11-9-15)23(22-18)16-6-4-3-5-7-16/h3-11,13-14,24H,12H2,1-2H3. The second-order valence-corrected chi connectivity index (χ2v) is 6.80. The second-order valence-electron chi connectivity index (χ2n) is 6.80. The van der Waals surface area contributed by atoms with Crippen molar-refractivity contribution in [2.45, 2.75) is 20.3 Å². The van der Waals surface area contributed by atoms with Gasteiger partial charge in [-0.25, -0.2) is 4.68 Å². The fraction of sp³-hybridized carbons (Fsp3) is 0.238. The van der Waals surface area contributed by atoms with Gasteiger partial charge in [-0.1, -0.05) is 32.0 Å². The summed E-state index contributed by atoms with van der Waals surface area (Å²) in [4.78, 5) is 13.0. The summed E-state index contributed by atoms with van der Waals surface area (Å²) < 4.78 is 1.86. The van der Waals surface area contributed by atoms with Crippen LogP contribution >= 0.6 is 0 Å². The topological polar surface area (TPSA) is 55.1 Å². The number of carbonyl (C=O) groups is 1. The Morgan fingerprint density at radius 1 is 1.04 bits per heavy atom. The molecule has 1 heterocycles. The summed E-state index contributed by atoms with van der Waals surface area (Å²) in [6.07, 6.45) is 0.799. The van der Waals surface area contributed by atoms with Crippen LogP contribution in [-0.4, -0.2) is 20.7 Å². The Labute approximate surface area is 146 Å². The largest absolute Gasteiger partial charge is 0.508 e. The Morgan fingerprint density at radius 3 is 2.40 bits per heavy atom. The van der Waals surface area contributed by atoms with Gasteiger partial charge in [-0.2, -0.15) is 5.10 Å². The predicted octanol–water partition coefficient (Wildman–Crippen LogP) is 4.26. The van der Waals surface area contributed by atoms with E-state index in [0.29, 0.717) is 0 Å². The molecule has 3 aromatic rings. The lowest BCUT2D eigenvalue weighted by Crippen LogP contribution is -2.27. The molecule has 0 amide bonds. The number of phenolic OH excluding ortho intramolecular Hbond substituents is 1. The second kappa shape index (κ2) is 5.88. The number of hydrogen-bond donors (Lipinski definition) is 1. The molecule has 4 nitrogen and oxygen atoms in total. The van der Waals surface area contributed by atoms with E-state index in [1.807, 2.05) is 54.1 Å². The van der Waals surface area contributed by atoms with Gasteiger partial charge in [-0.05, 0) is 48.7 Å². The van der Waals surface area contributed by atoms with E-state index in [2.05, 4.69) is 6.92 Å². The third kappa shape index (κ3) is 2.54. The lowest BCUT2D eigenvalue weighted by Gasteiger charge is -2.24. The molecule has 1 aliphatic rings. The summed E-state index contributed by atoms with van der Waals surface area (Å²) in [6.45, 7) is 4.10. The maximum Gasteiger partial charge on any atom is 0.170 e. The van der Waals surface area contributed by atoms with E-state index in [9.17, 15) is 9.90 Å². The van der Waals surface area contributed by atoms with Gasteiger partial charge in [0, 0.05) is 11.5 Å². The molecule has 0 radical (unpaired) electrons. The Morgan fingerprint density at radius 2 is 1.72 bits per heavy atom. The van der Waals surface area contributed by atoms with Crippen LogP contribution in [0.2, 0.25) is 0 Å². The van der Waals surface area contributed by atoms with E-state index in [1.165, 1.54) is 0 Å². The van der Waals surface area contributed by atoms with Gasteiger partial charge in [0.2, 0.25) is 0 Å². The number of ketones is 1. The van der Waals surface area contributed by atoms with E-state index < -0.39 is 0 Å². The fourth-order valence-corrected chi connectivity index (χ4v) is 3.47. The smallest absolute Gasteiger partial charge is 0.170 e. The number of carbonyl (C=O) groups excluding carboxylic acids is 1. The van der Waals surface area contributed by atoms with Crippen molar-refractivity contribution in [2.75, 3.05) is 0 Å². The number of benzene rings is 2. The van der Waals surface area contributed by atoms with Gasteiger partial charge in [0.15, 0.2) is 5.78 Å². The van der Waals surface area contributed by atoms with Crippen molar-refractivity contribution < 1.29 is 9.90 Å². The molecule has 1 N–H and O–H groups in total. The average molecular weight is 332 g/mol. The zero-order valence-electron chi connectivity index (χ0n) is 14.3. The molecular weight excluding hydrogens is 312 g/mol. The normalized spacial score (nSPS) is 19.7. The summed E-state index contributed by atoms with van der Waals surface area (Å²) >= 11 is 0. The molecular formula is C21H20N2O2. The fourth-order valence-electron chi connectivity index (χ4n) is 3.47. The molecule has 2 unspecified atom stereocenters. The van der Waals surface area contributed by atoms with E-state index in [-0.39, 0.29) is 23.4 Å². The maximum atomic E-state index is 13.0. The first-order chi connectivity index (χ1) is 12.1. The highest BCUT2D eigenvalue weighted by molar-refractivity contribution is 6.05. The van der Waals surface area contributed by atoms with Crippen molar-refractivity contribution in [1.82, 2.24) is 9.78 Å². The van der Waals surface area contributed by atoms with Gasteiger partial charge in [-0.3, -0.25) is 4.79 Å². The van der Waals surface area contributed by atoms with Crippen LogP contribution in [0.15, 0.2) is 54.6 Å². The highest BCUT2D eigenvalue weighted by atomic mass is 16.3. The van der Waals surface area contributed by atoms with E-state index in [1.54, 1.807) is 12.1 Å². The molecule has 0 fully saturated rings. The van der Waals surface area contributed by atoms with Gasteiger partial charge in [0.05, 0.1) is 22.6 Å². The summed E-state index contributed by atoms with van der Waals surface area (Å²) in [5.74, 6) is 0.624. The lowest BCUT2D eigenvalue weighted by atomic mass is 9.78. The minimum absolute atomic E-state index is 0.0169. The number of phenols is 1. The molecule has 1 aromatic heterocycles. The molecule has 0 spiro atoms. The van der Waals surface area contributed by atoms with Gasteiger partial charge in [0.25, 0.3) is 0 Å². The zero-order valence-corrected chi connectivity index (χ0v) is 14.3. The molecule has 0 aliphatic heterocycles. The molecule has 4 rings (SSSR count). The quantitative estimate of drug-likeness (QED) is 0.763. The van der Waals surface area contributed by atoms with Crippen LogP contribution in [0.3, 0.4) is 0 Å². The molecule has 4 heteroatoms. The SMILES string of the molecule is CC1Cc2nn(-c3ccccc3)c(-c3ccc(O)cc3)c2C(=O)C1C. The molecule has 1 aliphatic carbocycles. The number of aromatic nitrogens is 2. The number of hydrogen-bond acceptors (Lipinski definition) is 3. The van der Waals surface area contributed by atoms with E-state index in [0.717, 1.165) is 34.6 Å². The Hall–Kier alpha value is -2.88. The summed E-state index contributed by atoms with van der Waals surface area (Å²) in [7, 11) is 0. The number of fused-ring (bicyclic) bond motifs is 1. The predicted molar refractivity (Wildman–Crippen MR) is 97.0 cm³/mol. The van der Waals surface area contributed by atoms with Crippen LogP contribution in [0.25, 0.3) is 16.9 Å². The van der Waals surface area contributed by atoms with Crippen molar-refractivity contribution in [2.24, 2.45) is 11.8 Å². The average Bonchev–Trinajstić information content (AvgIpc) is 3.00. The number of rotatable bonds is 2. The van der Waals surface area contributed by atoms with Crippen LogP contribution in [0.1, 0.15) is 29.9 Å². The first-order valence-corrected chi connectivity index (χ1v) is 8.57. The third-order valence-electron chi connectivity index (χ3n) is 5.13. The number of Topliss-reactive ketones (excluding diaryl/α,β-unsaturated/α-hetero) is 1. The van der Waals surface area contributed by atoms with Crippen molar-refractivity contribution in [3.63, 3.8) is 0 Å². The van der Waals surface area contributed by atoms with Crippen molar-refractivity contribution >= 4 is 5.78 Å². The van der Waals surface area contributed by atoms with Crippen LogP contribution < -0.4 is 0 Å². The van der Waals surface area contributed by atoms with Crippen molar-refractivity contribution in [3.8, 4) is 22.7 Å². The third-order valence-corrected chi connectivity index (χ3v) is 5.13. The van der Waals surface area contributed by atoms with Crippen molar-refractivity contribution in [1.29, 1.82) is 0 Å².